The maximum Gasteiger partial charge on any atom is 0.234 e. The molecule has 0 aliphatic heterocycles. The number of rotatable bonds is 8. The molecule has 4 nitrogen and oxygen atoms in total. The number of carbonyl (C=O) groups is 1. The smallest absolute Gasteiger partial charge is 0.234 e. The molecular formula is C14H22N2O2S. The minimum atomic E-state index is -0.0129. The van der Waals surface area contributed by atoms with Crippen molar-refractivity contribution in [3.8, 4) is 5.75 Å². The van der Waals surface area contributed by atoms with Crippen LogP contribution in [0.15, 0.2) is 24.3 Å². The van der Waals surface area contributed by atoms with E-state index in [1.807, 2.05) is 31.2 Å². The van der Waals surface area contributed by atoms with Crippen molar-refractivity contribution in [3.05, 3.63) is 24.3 Å². The summed E-state index contributed by atoms with van der Waals surface area (Å²) in [5.41, 5.74) is 6.21. The molecule has 0 bridgehead atoms. The van der Waals surface area contributed by atoms with Crippen molar-refractivity contribution in [1.82, 2.24) is 0 Å². The summed E-state index contributed by atoms with van der Waals surface area (Å²) >= 11 is 1.61. The monoisotopic (exact) mass is 282 g/mol. The summed E-state index contributed by atoms with van der Waals surface area (Å²) in [6, 6.07) is 7.46. The van der Waals surface area contributed by atoms with E-state index in [9.17, 15) is 4.79 Å². The van der Waals surface area contributed by atoms with Gasteiger partial charge in [0.1, 0.15) is 5.75 Å². The molecule has 106 valence electrons. The van der Waals surface area contributed by atoms with E-state index < -0.39 is 0 Å². The standard InChI is InChI=1S/C14H22N2O2S/c1-3-18-13-7-5-4-6-12(13)16-14(17)10-19-11(2)8-9-15/h4-7,11H,3,8-10,15H2,1-2H3,(H,16,17). The van der Waals surface area contributed by atoms with Crippen LogP contribution in [0.4, 0.5) is 5.69 Å². The lowest BCUT2D eigenvalue weighted by Gasteiger charge is -2.12. The van der Waals surface area contributed by atoms with Gasteiger partial charge >= 0.3 is 0 Å². The molecule has 0 aliphatic carbocycles. The summed E-state index contributed by atoms with van der Waals surface area (Å²) in [6.45, 7) is 5.24. The maximum absolute atomic E-state index is 11.9. The molecule has 1 amide bonds. The molecule has 0 aromatic heterocycles. The number of carbonyl (C=O) groups excluding carboxylic acids is 1. The molecule has 1 aromatic rings. The molecule has 0 saturated carbocycles. The number of thioether (sulfide) groups is 1. The highest BCUT2D eigenvalue weighted by Gasteiger charge is 2.09. The molecule has 0 radical (unpaired) electrons. The van der Waals surface area contributed by atoms with Gasteiger partial charge in [0.05, 0.1) is 18.0 Å². The first-order chi connectivity index (χ1) is 9.17. The van der Waals surface area contributed by atoms with E-state index in [4.69, 9.17) is 10.5 Å². The average Bonchev–Trinajstić information content (AvgIpc) is 2.39. The van der Waals surface area contributed by atoms with Crippen molar-refractivity contribution >= 4 is 23.4 Å². The number of para-hydroxylation sites is 2. The molecule has 0 fully saturated rings. The van der Waals surface area contributed by atoms with Crippen LogP contribution in [0.5, 0.6) is 5.75 Å². The Bertz CT molecular complexity index is 399. The third-order valence-corrected chi connectivity index (χ3v) is 3.77. The summed E-state index contributed by atoms with van der Waals surface area (Å²) in [5.74, 6) is 1.13. The van der Waals surface area contributed by atoms with Crippen LogP contribution < -0.4 is 15.8 Å². The average molecular weight is 282 g/mol. The molecule has 19 heavy (non-hydrogen) atoms. The van der Waals surface area contributed by atoms with Gasteiger partial charge in [0.2, 0.25) is 5.91 Å². The number of ether oxygens (including phenoxy) is 1. The SMILES string of the molecule is CCOc1ccccc1NC(=O)CSC(C)CCN. The number of hydrogen-bond donors (Lipinski definition) is 2. The van der Waals surface area contributed by atoms with Gasteiger partial charge in [-0.05, 0) is 32.0 Å². The summed E-state index contributed by atoms with van der Waals surface area (Å²) in [7, 11) is 0. The van der Waals surface area contributed by atoms with E-state index in [2.05, 4.69) is 12.2 Å². The minimum absolute atomic E-state index is 0.0129. The predicted octanol–water partition coefficient (Wildman–Crippen LogP) is 2.49. The normalized spacial score (nSPS) is 11.9. The van der Waals surface area contributed by atoms with Gasteiger partial charge in [-0.25, -0.2) is 0 Å². The Labute approximate surface area is 119 Å². The predicted molar refractivity (Wildman–Crippen MR) is 81.8 cm³/mol. The molecule has 5 heteroatoms. The van der Waals surface area contributed by atoms with Gasteiger partial charge in [-0.3, -0.25) is 4.79 Å². The lowest BCUT2D eigenvalue weighted by Crippen LogP contribution is -2.17. The molecule has 3 N–H and O–H groups in total. The fraction of sp³-hybridized carbons (Fsp3) is 0.500. The molecule has 1 rings (SSSR count). The second-order valence-corrected chi connectivity index (χ2v) is 5.60. The molecule has 0 saturated heterocycles. The van der Waals surface area contributed by atoms with Crippen LogP contribution in [0.3, 0.4) is 0 Å². The highest BCUT2D eigenvalue weighted by Crippen LogP contribution is 2.24. The zero-order valence-corrected chi connectivity index (χ0v) is 12.3. The van der Waals surface area contributed by atoms with E-state index in [1.54, 1.807) is 11.8 Å². The molecular weight excluding hydrogens is 260 g/mol. The number of nitrogens with one attached hydrogen (secondary N) is 1. The lowest BCUT2D eigenvalue weighted by atomic mass is 10.3. The largest absolute Gasteiger partial charge is 0.492 e. The van der Waals surface area contributed by atoms with Crippen LogP contribution in [0.1, 0.15) is 20.3 Å². The molecule has 1 unspecified atom stereocenters. The van der Waals surface area contributed by atoms with Crippen molar-refractivity contribution in [3.63, 3.8) is 0 Å². The van der Waals surface area contributed by atoms with Crippen molar-refractivity contribution in [2.45, 2.75) is 25.5 Å². The second kappa shape index (κ2) is 8.82. The number of benzene rings is 1. The van der Waals surface area contributed by atoms with Gasteiger partial charge in [-0.1, -0.05) is 19.1 Å². The molecule has 0 spiro atoms. The van der Waals surface area contributed by atoms with Crippen LogP contribution in [-0.4, -0.2) is 30.1 Å². The quantitative estimate of drug-likeness (QED) is 0.769. The van der Waals surface area contributed by atoms with Crippen LogP contribution in [0.2, 0.25) is 0 Å². The van der Waals surface area contributed by atoms with Crippen LogP contribution in [0, 0.1) is 0 Å². The fourth-order valence-corrected chi connectivity index (χ4v) is 2.38. The van der Waals surface area contributed by atoms with Crippen molar-refractivity contribution in [1.29, 1.82) is 0 Å². The van der Waals surface area contributed by atoms with Crippen LogP contribution in [0.25, 0.3) is 0 Å². The topological polar surface area (TPSA) is 64.3 Å². The highest BCUT2D eigenvalue weighted by molar-refractivity contribution is 8.00. The molecule has 1 atom stereocenters. The Morgan fingerprint density at radius 1 is 1.47 bits per heavy atom. The van der Waals surface area contributed by atoms with Crippen LogP contribution in [-0.2, 0) is 4.79 Å². The third-order valence-electron chi connectivity index (χ3n) is 2.53. The first kappa shape index (κ1) is 15.9. The van der Waals surface area contributed by atoms with E-state index in [1.165, 1.54) is 0 Å². The Morgan fingerprint density at radius 2 is 2.21 bits per heavy atom. The zero-order valence-electron chi connectivity index (χ0n) is 11.5. The van der Waals surface area contributed by atoms with Crippen molar-refractivity contribution in [2.24, 2.45) is 5.73 Å². The van der Waals surface area contributed by atoms with E-state index >= 15 is 0 Å². The first-order valence-corrected chi connectivity index (χ1v) is 7.55. The number of nitrogens with two attached hydrogens (primary N) is 1. The minimum Gasteiger partial charge on any atom is -0.492 e. The van der Waals surface area contributed by atoms with Gasteiger partial charge in [0, 0.05) is 5.25 Å². The van der Waals surface area contributed by atoms with E-state index in [-0.39, 0.29) is 5.91 Å². The van der Waals surface area contributed by atoms with Gasteiger partial charge < -0.3 is 15.8 Å². The Kier molecular flexibility index (Phi) is 7.36. The van der Waals surface area contributed by atoms with E-state index in [0.29, 0.717) is 29.9 Å². The summed E-state index contributed by atoms with van der Waals surface area (Å²) in [5, 5.41) is 3.28. The Hall–Kier alpha value is -1.20. The number of amides is 1. The second-order valence-electron chi connectivity index (χ2n) is 4.18. The first-order valence-electron chi connectivity index (χ1n) is 6.50. The highest BCUT2D eigenvalue weighted by atomic mass is 32.2. The molecule has 0 heterocycles. The molecule has 0 aliphatic rings. The summed E-state index contributed by atoms with van der Waals surface area (Å²) in [6.07, 6.45) is 0.924. The maximum atomic E-state index is 11.9. The van der Waals surface area contributed by atoms with Gasteiger partial charge in [-0.2, -0.15) is 0 Å². The molecule has 1 aromatic carbocycles. The van der Waals surface area contributed by atoms with Crippen LogP contribution >= 0.6 is 11.8 Å². The number of hydrogen-bond acceptors (Lipinski definition) is 4. The van der Waals surface area contributed by atoms with Crippen molar-refractivity contribution in [2.75, 3.05) is 24.2 Å². The number of anilines is 1. The van der Waals surface area contributed by atoms with E-state index in [0.717, 1.165) is 12.1 Å². The summed E-state index contributed by atoms with van der Waals surface area (Å²) in [4.78, 5) is 11.9. The summed E-state index contributed by atoms with van der Waals surface area (Å²) < 4.78 is 5.46. The Morgan fingerprint density at radius 3 is 2.89 bits per heavy atom. The third kappa shape index (κ3) is 5.98. The van der Waals surface area contributed by atoms with Gasteiger partial charge in [-0.15, -0.1) is 11.8 Å². The van der Waals surface area contributed by atoms with Gasteiger partial charge in [0.15, 0.2) is 0 Å². The van der Waals surface area contributed by atoms with Crippen molar-refractivity contribution < 1.29 is 9.53 Å². The van der Waals surface area contributed by atoms with Gasteiger partial charge in [0.25, 0.3) is 0 Å². The Balaban J connectivity index is 2.48. The zero-order chi connectivity index (χ0) is 14.1. The lowest BCUT2D eigenvalue weighted by molar-refractivity contribution is -0.113. The fourth-order valence-electron chi connectivity index (χ4n) is 1.57.